The van der Waals surface area contributed by atoms with Crippen LogP contribution in [0.25, 0.3) is 0 Å². The molecular weight excluding hydrogens is 316 g/mol. The molecule has 1 fully saturated rings. The third kappa shape index (κ3) is 5.09. The monoisotopic (exact) mass is 342 g/mol. The fourth-order valence-electron chi connectivity index (χ4n) is 2.66. The number of nitrogens with one attached hydrogen (secondary N) is 1. The number of rotatable bonds is 6. The van der Waals surface area contributed by atoms with Gasteiger partial charge in [0.15, 0.2) is 0 Å². The van der Waals surface area contributed by atoms with Crippen LogP contribution >= 0.6 is 12.4 Å². The molecule has 1 amide bonds. The fourth-order valence-corrected chi connectivity index (χ4v) is 2.66. The molecule has 0 aliphatic carbocycles. The van der Waals surface area contributed by atoms with Crippen molar-refractivity contribution in [1.29, 1.82) is 0 Å². The molecule has 1 aliphatic heterocycles. The summed E-state index contributed by atoms with van der Waals surface area (Å²) >= 11 is 0. The summed E-state index contributed by atoms with van der Waals surface area (Å²) in [6.07, 6.45) is 1.27. The van der Waals surface area contributed by atoms with Gasteiger partial charge in [-0.15, -0.1) is 12.4 Å². The van der Waals surface area contributed by atoms with Crippen LogP contribution in [0.2, 0.25) is 0 Å². The first-order chi connectivity index (χ1) is 10.6. The Bertz CT molecular complexity index is 504. The summed E-state index contributed by atoms with van der Waals surface area (Å²) in [5, 5.41) is 2.98. The minimum absolute atomic E-state index is 0. The topological polar surface area (TPSA) is 73.6 Å². The second-order valence-electron chi connectivity index (χ2n) is 6.00. The van der Waals surface area contributed by atoms with E-state index in [1.807, 2.05) is 38.1 Å². The number of hydrogen-bond donors (Lipinski definition) is 2. The predicted molar refractivity (Wildman–Crippen MR) is 93.1 cm³/mol. The molecule has 1 heterocycles. The Morgan fingerprint density at radius 3 is 2.65 bits per heavy atom. The highest BCUT2D eigenvalue weighted by Crippen LogP contribution is 2.29. The number of nitrogens with two attached hydrogens (primary N) is 1. The SMILES string of the molecule is Cc1ccccc1OC(C)CNC(=O)C1(CN)CCOCC1.Cl. The van der Waals surface area contributed by atoms with Gasteiger partial charge in [0, 0.05) is 19.8 Å². The van der Waals surface area contributed by atoms with Gasteiger partial charge >= 0.3 is 0 Å². The van der Waals surface area contributed by atoms with Gasteiger partial charge in [-0.2, -0.15) is 0 Å². The number of benzene rings is 1. The summed E-state index contributed by atoms with van der Waals surface area (Å²) < 4.78 is 11.2. The number of carbonyl (C=O) groups is 1. The van der Waals surface area contributed by atoms with Crippen molar-refractivity contribution in [3.63, 3.8) is 0 Å². The molecule has 0 radical (unpaired) electrons. The zero-order valence-corrected chi connectivity index (χ0v) is 14.7. The van der Waals surface area contributed by atoms with Crippen molar-refractivity contribution < 1.29 is 14.3 Å². The molecule has 1 saturated heterocycles. The molecule has 23 heavy (non-hydrogen) atoms. The van der Waals surface area contributed by atoms with E-state index in [-0.39, 0.29) is 24.4 Å². The Balaban J connectivity index is 0.00000264. The standard InChI is InChI=1S/C17H26N2O3.ClH/c1-13-5-3-4-6-15(13)22-14(2)11-19-16(20)17(12-18)7-9-21-10-8-17;/h3-6,14H,7-12,18H2,1-2H3,(H,19,20);1H. The van der Waals surface area contributed by atoms with Crippen LogP contribution in [-0.2, 0) is 9.53 Å². The molecule has 1 aromatic carbocycles. The van der Waals surface area contributed by atoms with E-state index in [1.165, 1.54) is 0 Å². The van der Waals surface area contributed by atoms with Crippen LogP contribution in [0.1, 0.15) is 25.3 Å². The van der Waals surface area contributed by atoms with Crippen molar-refractivity contribution in [1.82, 2.24) is 5.32 Å². The number of amides is 1. The third-order valence-electron chi connectivity index (χ3n) is 4.29. The Morgan fingerprint density at radius 1 is 1.39 bits per heavy atom. The summed E-state index contributed by atoms with van der Waals surface area (Å²) in [5.74, 6) is 0.863. The first-order valence-electron chi connectivity index (χ1n) is 7.86. The molecule has 6 heteroatoms. The van der Waals surface area contributed by atoms with E-state index in [4.69, 9.17) is 15.2 Å². The van der Waals surface area contributed by atoms with Gasteiger partial charge in [-0.05, 0) is 38.3 Å². The van der Waals surface area contributed by atoms with E-state index in [1.54, 1.807) is 0 Å². The Labute approximate surface area is 144 Å². The smallest absolute Gasteiger partial charge is 0.227 e. The quantitative estimate of drug-likeness (QED) is 0.830. The summed E-state index contributed by atoms with van der Waals surface area (Å²) in [5.41, 5.74) is 6.44. The van der Waals surface area contributed by atoms with Crippen molar-refractivity contribution >= 4 is 18.3 Å². The third-order valence-corrected chi connectivity index (χ3v) is 4.29. The van der Waals surface area contributed by atoms with Gasteiger partial charge in [-0.3, -0.25) is 4.79 Å². The zero-order chi connectivity index (χ0) is 16.0. The molecule has 1 aromatic rings. The maximum Gasteiger partial charge on any atom is 0.227 e. The molecule has 1 unspecified atom stereocenters. The number of hydrogen-bond acceptors (Lipinski definition) is 4. The summed E-state index contributed by atoms with van der Waals surface area (Å²) in [7, 11) is 0. The first kappa shape index (κ1) is 19.7. The van der Waals surface area contributed by atoms with Gasteiger partial charge in [0.2, 0.25) is 5.91 Å². The van der Waals surface area contributed by atoms with Gasteiger partial charge in [0.1, 0.15) is 11.9 Å². The average molecular weight is 343 g/mol. The highest BCUT2D eigenvalue weighted by Gasteiger charge is 2.38. The number of ether oxygens (including phenoxy) is 2. The lowest BCUT2D eigenvalue weighted by Gasteiger charge is -2.34. The van der Waals surface area contributed by atoms with E-state index in [9.17, 15) is 4.79 Å². The average Bonchev–Trinajstić information content (AvgIpc) is 2.55. The first-order valence-corrected chi connectivity index (χ1v) is 7.86. The highest BCUT2D eigenvalue weighted by molar-refractivity contribution is 5.85. The second kappa shape index (κ2) is 9.11. The van der Waals surface area contributed by atoms with Crippen LogP contribution in [-0.4, -0.2) is 38.3 Å². The van der Waals surface area contributed by atoms with Gasteiger partial charge in [-0.25, -0.2) is 0 Å². The lowest BCUT2D eigenvalue weighted by atomic mass is 9.79. The van der Waals surface area contributed by atoms with Crippen molar-refractivity contribution in [3.05, 3.63) is 29.8 Å². The van der Waals surface area contributed by atoms with E-state index in [2.05, 4.69) is 5.32 Å². The van der Waals surface area contributed by atoms with Crippen LogP contribution in [0, 0.1) is 12.3 Å². The Morgan fingerprint density at radius 2 is 2.04 bits per heavy atom. The van der Waals surface area contributed by atoms with Crippen molar-refractivity contribution in [2.75, 3.05) is 26.3 Å². The predicted octanol–water partition coefficient (Wildman–Crippen LogP) is 2.06. The number of halogens is 1. The Hall–Kier alpha value is -1.30. The molecule has 1 aliphatic rings. The number of para-hydroxylation sites is 1. The molecule has 5 nitrogen and oxygen atoms in total. The van der Waals surface area contributed by atoms with Crippen molar-refractivity contribution in [3.8, 4) is 5.75 Å². The highest BCUT2D eigenvalue weighted by atomic mass is 35.5. The number of carbonyl (C=O) groups excluding carboxylic acids is 1. The molecule has 130 valence electrons. The molecule has 2 rings (SSSR count). The summed E-state index contributed by atoms with van der Waals surface area (Å²) in [6, 6.07) is 7.86. The molecule has 0 aromatic heterocycles. The largest absolute Gasteiger partial charge is 0.489 e. The van der Waals surface area contributed by atoms with Gasteiger partial charge in [0.25, 0.3) is 0 Å². The van der Waals surface area contributed by atoms with E-state index < -0.39 is 5.41 Å². The van der Waals surface area contributed by atoms with E-state index in [0.29, 0.717) is 39.1 Å². The minimum atomic E-state index is -0.485. The normalized spacial score (nSPS) is 17.7. The molecule has 1 atom stereocenters. The molecular formula is C17H27ClN2O3. The van der Waals surface area contributed by atoms with Crippen molar-refractivity contribution in [2.24, 2.45) is 11.1 Å². The molecule has 0 bridgehead atoms. The van der Waals surface area contributed by atoms with Crippen LogP contribution in [0.3, 0.4) is 0 Å². The van der Waals surface area contributed by atoms with Crippen LogP contribution in [0.15, 0.2) is 24.3 Å². The maximum absolute atomic E-state index is 12.5. The van der Waals surface area contributed by atoms with Crippen LogP contribution in [0.5, 0.6) is 5.75 Å². The maximum atomic E-state index is 12.5. The summed E-state index contributed by atoms with van der Waals surface area (Å²) in [4.78, 5) is 12.5. The summed E-state index contributed by atoms with van der Waals surface area (Å²) in [6.45, 7) is 5.97. The molecule has 3 N–H and O–H groups in total. The fraction of sp³-hybridized carbons (Fsp3) is 0.588. The van der Waals surface area contributed by atoms with Crippen LogP contribution < -0.4 is 15.8 Å². The molecule has 0 spiro atoms. The van der Waals surface area contributed by atoms with Gasteiger partial charge in [0.05, 0.1) is 12.0 Å². The number of aryl methyl sites for hydroxylation is 1. The lowest BCUT2D eigenvalue weighted by molar-refractivity contribution is -0.136. The second-order valence-corrected chi connectivity index (χ2v) is 6.00. The lowest BCUT2D eigenvalue weighted by Crippen LogP contribution is -2.50. The van der Waals surface area contributed by atoms with E-state index in [0.717, 1.165) is 11.3 Å². The van der Waals surface area contributed by atoms with E-state index >= 15 is 0 Å². The zero-order valence-electron chi connectivity index (χ0n) is 13.8. The van der Waals surface area contributed by atoms with Crippen LogP contribution in [0.4, 0.5) is 0 Å². The molecule has 0 saturated carbocycles. The minimum Gasteiger partial charge on any atom is -0.489 e. The van der Waals surface area contributed by atoms with Gasteiger partial charge < -0.3 is 20.5 Å². The van der Waals surface area contributed by atoms with Crippen molar-refractivity contribution in [2.45, 2.75) is 32.8 Å². The Kier molecular flexibility index (Phi) is 7.82. The van der Waals surface area contributed by atoms with Gasteiger partial charge in [-0.1, -0.05) is 18.2 Å².